The van der Waals surface area contributed by atoms with E-state index in [4.69, 9.17) is 36.1 Å². The van der Waals surface area contributed by atoms with E-state index in [9.17, 15) is 14.4 Å². The number of carbonyl (C=O) groups excluding carboxylic acids is 3. The number of anilines is 2. The van der Waals surface area contributed by atoms with Gasteiger partial charge in [0.15, 0.2) is 0 Å². The molecule has 2 aromatic heterocycles. The molecule has 6 N–H and O–H groups in total. The van der Waals surface area contributed by atoms with E-state index in [0.717, 1.165) is 12.8 Å². The summed E-state index contributed by atoms with van der Waals surface area (Å²) in [4.78, 5) is 47.3. The lowest BCUT2D eigenvalue weighted by Crippen LogP contribution is -2.42. The molecule has 4 aromatic rings. The SMILES string of the molecule is COC(=O)c1cc(OC)c2c(c1)nc(N)n2C/C=C/Cn1c(N)nc2cc(C(N)=O)cc(OCC#CC3CCCN(C(=O)OC(C)(C)C)C3)c21. The number of hydrogen-bond acceptors (Lipinski definition) is 11. The Morgan fingerprint density at radius 2 is 1.54 bits per heavy atom. The molecule has 1 atom stereocenters. The van der Waals surface area contributed by atoms with Gasteiger partial charge in [0, 0.05) is 37.7 Å². The van der Waals surface area contributed by atoms with Crippen molar-refractivity contribution < 1.29 is 33.3 Å². The normalized spacial score (nSPS) is 14.8. The van der Waals surface area contributed by atoms with E-state index < -0.39 is 17.5 Å². The molecule has 1 unspecified atom stereocenters. The average molecular weight is 687 g/mol. The maximum Gasteiger partial charge on any atom is 0.410 e. The number of hydrogen-bond donors (Lipinski definition) is 3. The van der Waals surface area contributed by atoms with E-state index >= 15 is 0 Å². The molecule has 1 aliphatic rings. The second kappa shape index (κ2) is 14.7. The van der Waals surface area contributed by atoms with E-state index in [1.807, 2.05) is 32.9 Å². The molecule has 1 saturated heterocycles. The van der Waals surface area contributed by atoms with Crippen LogP contribution in [0.1, 0.15) is 54.3 Å². The number of carbonyl (C=O) groups is 3. The van der Waals surface area contributed by atoms with Crippen LogP contribution in [0.2, 0.25) is 0 Å². The Balaban J connectivity index is 1.33. The molecule has 1 fully saturated rings. The standard InChI is InChI=1S/C35H42N8O7/c1-35(2,3)50-34(46)41-12-8-10-21(20-41)11-9-15-49-27-18-22(30(36)44)16-24-29(27)43(33(38)39-24)14-7-6-13-42-28-25(40-32(42)37)17-23(31(45)48-5)19-26(28)47-4/h6-7,16-19,21H,8,10,12-15,20H2,1-5H3,(H2,36,44)(H2,37,40)(H2,38,39)/b7-6+. The fourth-order valence-electron chi connectivity index (χ4n) is 5.76. The molecular formula is C35H42N8O7. The van der Waals surface area contributed by atoms with Crippen LogP contribution in [0.4, 0.5) is 16.7 Å². The third kappa shape index (κ3) is 7.86. The van der Waals surface area contributed by atoms with E-state index in [2.05, 4.69) is 21.8 Å². The molecule has 2 amide bonds. The zero-order chi connectivity index (χ0) is 36.2. The Morgan fingerprint density at radius 3 is 2.12 bits per heavy atom. The number of ether oxygens (including phenoxy) is 4. The number of likely N-dealkylation sites (tertiary alicyclic amines) is 1. The average Bonchev–Trinajstić information content (AvgIpc) is 3.57. The molecule has 15 nitrogen and oxygen atoms in total. The predicted molar refractivity (Wildman–Crippen MR) is 188 cm³/mol. The quantitative estimate of drug-likeness (QED) is 0.131. The van der Waals surface area contributed by atoms with Crippen molar-refractivity contribution in [2.75, 3.05) is 45.4 Å². The Labute approximate surface area is 289 Å². The summed E-state index contributed by atoms with van der Waals surface area (Å²) in [6.45, 7) is 7.27. The number of esters is 1. The number of allylic oxidation sites excluding steroid dienone is 2. The molecule has 0 saturated carbocycles. The zero-order valence-corrected chi connectivity index (χ0v) is 28.8. The molecule has 264 valence electrons. The molecule has 0 spiro atoms. The largest absolute Gasteiger partial charge is 0.494 e. The number of imidazole rings is 2. The number of nitrogens with two attached hydrogens (primary N) is 3. The molecular weight excluding hydrogens is 644 g/mol. The van der Waals surface area contributed by atoms with Crippen LogP contribution in [-0.2, 0) is 22.6 Å². The number of nitrogen functional groups attached to an aromatic ring is 2. The van der Waals surface area contributed by atoms with Gasteiger partial charge in [-0.05, 0) is 57.9 Å². The van der Waals surface area contributed by atoms with E-state index in [0.29, 0.717) is 65.3 Å². The fourth-order valence-corrected chi connectivity index (χ4v) is 5.76. The van der Waals surface area contributed by atoms with Crippen LogP contribution >= 0.6 is 0 Å². The Hall–Kier alpha value is -5.91. The van der Waals surface area contributed by atoms with Crippen molar-refractivity contribution in [1.29, 1.82) is 0 Å². The van der Waals surface area contributed by atoms with Gasteiger partial charge < -0.3 is 50.2 Å². The Morgan fingerprint density at radius 1 is 0.940 bits per heavy atom. The number of piperidine rings is 1. The van der Waals surface area contributed by atoms with E-state index in [1.165, 1.54) is 14.2 Å². The van der Waals surface area contributed by atoms with Gasteiger partial charge in [-0.1, -0.05) is 24.0 Å². The second-order valence-corrected chi connectivity index (χ2v) is 12.8. The van der Waals surface area contributed by atoms with Gasteiger partial charge in [-0.15, -0.1) is 0 Å². The highest BCUT2D eigenvalue weighted by molar-refractivity contribution is 5.99. The first kappa shape index (κ1) is 35.4. The van der Waals surface area contributed by atoms with Crippen LogP contribution in [0.25, 0.3) is 22.1 Å². The molecule has 0 bridgehead atoms. The van der Waals surface area contributed by atoms with Gasteiger partial charge in [0.1, 0.15) is 34.7 Å². The van der Waals surface area contributed by atoms with Crippen molar-refractivity contribution in [2.45, 2.75) is 52.3 Å². The number of benzene rings is 2. The van der Waals surface area contributed by atoms with Crippen molar-refractivity contribution in [3.63, 3.8) is 0 Å². The fraction of sp³-hybridized carbons (Fsp3) is 0.400. The van der Waals surface area contributed by atoms with Crippen LogP contribution < -0.4 is 26.7 Å². The lowest BCUT2D eigenvalue weighted by Gasteiger charge is -2.32. The van der Waals surface area contributed by atoms with Crippen molar-refractivity contribution in [3.8, 4) is 23.3 Å². The van der Waals surface area contributed by atoms with E-state index in [1.54, 1.807) is 38.3 Å². The molecule has 5 rings (SSSR count). The molecule has 15 heteroatoms. The van der Waals surface area contributed by atoms with Gasteiger partial charge >= 0.3 is 12.1 Å². The first-order chi connectivity index (χ1) is 23.8. The van der Waals surface area contributed by atoms with Gasteiger partial charge in [-0.25, -0.2) is 19.6 Å². The summed E-state index contributed by atoms with van der Waals surface area (Å²) in [5.41, 5.74) is 20.2. The Kier molecular flexibility index (Phi) is 10.4. The predicted octanol–water partition coefficient (Wildman–Crippen LogP) is 3.73. The molecule has 3 heterocycles. The van der Waals surface area contributed by atoms with E-state index in [-0.39, 0.29) is 36.1 Å². The second-order valence-electron chi connectivity index (χ2n) is 12.8. The van der Waals surface area contributed by atoms with Crippen LogP contribution in [0.3, 0.4) is 0 Å². The molecule has 1 aliphatic heterocycles. The lowest BCUT2D eigenvalue weighted by molar-refractivity contribution is 0.0190. The number of primary amides is 1. The molecule has 50 heavy (non-hydrogen) atoms. The summed E-state index contributed by atoms with van der Waals surface area (Å²) in [5.74, 6) is 6.30. The summed E-state index contributed by atoms with van der Waals surface area (Å²) in [7, 11) is 2.80. The number of methoxy groups -OCH3 is 2. The summed E-state index contributed by atoms with van der Waals surface area (Å²) < 4.78 is 25.5. The summed E-state index contributed by atoms with van der Waals surface area (Å²) in [6.07, 6.45) is 5.08. The van der Waals surface area contributed by atoms with Crippen LogP contribution in [0.15, 0.2) is 36.4 Å². The van der Waals surface area contributed by atoms with Crippen molar-refractivity contribution in [1.82, 2.24) is 24.0 Å². The third-order valence-corrected chi connectivity index (χ3v) is 8.02. The lowest BCUT2D eigenvalue weighted by atomic mass is 9.99. The van der Waals surface area contributed by atoms with Gasteiger partial charge in [0.25, 0.3) is 0 Å². The molecule has 0 radical (unpaired) electrons. The number of aromatic nitrogens is 4. The van der Waals surface area contributed by atoms with Gasteiger partial charge in [0.2, 0.25) is 17.8 Å². The highest BCUT2D eigenvalue weighted by Crippen LogP contribution is 2.32. The topological polar surface area (TPSA) is 205 Å². The molecule has 2 aromatic carbocycles. The summed E-state index contributed by atoms with van der Waals surface area (Å²) in [5, 5.41) is 0. The van der Waals surface area contributed by atoms with Crippen LogP contribution in [0, 0.1) is 17.8 Å². The van der Waals surface area contributed by atoms with Crippen LogP contribution in [-0.4, -0.2) is 81.5 Å². The minimum atomic E-state index is -0.639. The third-order valence-electron chi connectivity index (χ3n) is 8.02. The van der Waals surface area contributed by atoms with Crippen molar-refractivity contribution in [3.05, 3.63) is 47.5 Å². The first-order valence-corrected chi connectivity index (χ1v) is 16.0. The highest BCUT2D eigenvalue weighted by atomic mass is 16.6. The minimum absolute atomic E-state index is 0.0215. The summed E-state index contributed by atoms with van der Waals surface area (Å²) >= 11 is 0. The number of rotatable bonds is 9. The van der Waals surface area contributed by atoms with Crippen LogP contribution in [0.5, 0.6) is 11.5 Å². The van der Waals surface area contributed by atoms with Gasteiger partial charge in [-0.2, -0.15) is 0 Å². The van der Waals surface area contributed by atoms with Gasteiger partial charge in [0.05, 0.1) is 30.8 Å². The smallest absolute Gasteiger partial charge is 0.410 e. The number of amides is 2. The first-order valence-electron chi connectivity index (χ1n) is 16.0. The van der Waals surface area contributed by atoms with Crippen molar-refractivity contribution in [2.24, 2.45) is 11.7 Å². The number of fused-ring (bicyclic) bond motifs is 2. The molecule has 0 aliphatic carbocycles. The zero-order valence-electron chi connectivity index (χ0n) is 28.8. The maximum absolute atomic E-state index is 12.5. The Bertz CT molecular complexity index is 2030. The maximum atomic E-state index is 12.5. The summed E-state index contributed by atoms with van der Waals surface area (Å²) in [6, 6.07) is 6.28. The van der Waals surface area contributed by atoms with Crippen molar-refractivity contribution >= 4 is 51.9 Å². The minimum Gasteiger partial charge on any atom is -0.494 e. The monoisotopic (exact) mass is 686 g/mol. The van der Waals surface area contributed by atoms with Gasteiger partial charge in [-0.3, -0.25) is 4.79 Å². The number of nitrogens with zero attached hydrogens (tertiary/aromatic N) is 5. The highest BCUT2D eigenvalue weighted by Gasteiger charge is 2.27.